The van der Waals surface area contributed by atoms with Gasteiger partial charge in [-0.3, -0.25) is 0 Å². The van der Waals surface area contributed by atoms with Gasteiger partial charge in [0.1, 0.15) is 16.7 Å². The zero-order chi connectivity index (χ0) is 13.1. The van der Waals surface area contributed by atoms with Crippen molar-refractivity contribution < 1.29 is 8.95 Å². The van der Waals surface area contributed by atoms with Gasteiger partial charge in [-0.25, -0.2) is 4.21 Å². The summed E-state index contributed by atoms with van der Waals surface area (Å²) in [6, 6.07) is 5.57. The van der Waals surface area contributed by atoms with E-state index in [1.807, 2.05) is 39.0 Å². The molecule has 0 radical (unpaired) electrons. The Hall–Kier alpha value is -0.680. The maximum absolute atomic E-state index is 11.8. The van der Waals surface area contributed by atoms with Crippen LogP contribution in [0.25, 0.3) is 0 Å². The third kappa shape index (κ3) is 4.24. The molecule has 0 aliphatic carbocycles. The highest BCUT2D eigenvalue weighted by atomic mass is 79.9. The molecule has 94 valence electrons. The van der Waals surface area contributed by atoms with Crippen LogP contribution in [0.15, 0.2) is 27.1 Å². The SMILES string of the molecule is COc1ccc(Br)c(/C=N/S(=O)C(C)(C)C)c1. The predicted molar refractivity (Wildman–Crippen MR) is 76.2 cm³/mol. The molecule has 0 aromatic heterocycles. The number of rotatable bonds is 3. The van der Waals surface area contributed by atoms with E-state index in [1.165, 1.54) is 0 Å². The minimum atomic E-state index is -1.25. The Balaban J connectivity index is 2.95. The monoisotopic (exact) mass is 317 g/mol. The van der Waals surface area contributed by atoms with Crippen LogP contribution in [0, 0.1) is 0 Å². The lowest BCUT2D eigenvalue weighted by molar-refractivity contribution is 0.414. The van der Waals surface area contributed by atoms with E-state index in [-0.39, 0.29) is 4.75 Å². The molecule has 3 nitrogen and oxygen atoms in total. The molecule has 5 heteroatoms. The van der Waals surface area contributed by atoms with Crippen molar-refractivity contribution in [2.24, 2.45) is 4.40 Å². The minimum absolute atomic E-state index is 0.345. The van der Waals surface area contributed by atoms with Crippen molar-refractivity contribution in [3.05, 3.63) is 28.2 Å². The summed E-state index contributed by atoms with van der Waals surface area (Å²) in [6.07, 6.45) is 1.61. The first-order valence-corrected chi connectivity index (χ1v) is 7.04. The lowest BCUT2D eigenvalue weighted by Crippen LogP contribution is -2.19. The van der Waals surface area contributed by atoms with Crippen LogP contribution >= 0.6 is 15.9 Å². The van der Waals surface area contributed by atoms with E-state index in [9.17, 15) is 4.21 Å². The number of halogens is 1. The van der Waals surface area contributed by atoms with Gasteiger partial charge in [0.05, 0.1) is 11.9 Å². The summed E-state index contributed by atoms with van der Waals surface area (Å²) in [7, 11) is 0.362. The summed E-state index contributed by atoms with van der Waals surface area (Å²) in [5.41, 5.74) is 0.849. The van der Waals surface area contributed by atoms with Gasteiger partial charge in [-0.15, -0.1) is 0 Å². The highest BCUT2D eigenvalue weighted by molar-refractivity contribution is 9.10. The average molecular weight is 318 g/mol. The van der Waals surface area contributed by atoms with Crippen molar-refractivity contribution in [1.82, 2.24) is 0 Å². The lowest BCUT2D eigenvalue weighted by atomic mass is 10.2. The number of methoxy groups -OCH3 is 1. The Kier molecular flexibility index (Phi) is 4.89. The fourth-order valence-electron chi connectivity index (χ4n) is 1.01. The molecule has 17 heavy (non-hydrogen) atoms. The van der Waals surface area contributed by atoms with Gasteiger partial charge in [0, 0.05) is 16.3 Å². The van der Waals surface area contributed by atoms with Crippen LogP contribution in [0.2, 0.25) is 0 Å². The summed E-state index contributed by atoms with van der Waals surface area (Å²) in [5, 5.41) is 0. The van der Waals surface area contributed by atoms with Crippen molar-refractivity contribution in [3.63, 3.8) is 0 Å². The Morgan fingerprint density at radius 3 is 2.59 bits per heavy atom. The van der Waals surface area contributed by atoms with Crippen LogP contribution < -0.4 is 4.74 Å². The Labute approximate surface area is 113 Å². The third-order valence-electron chi connectivity index (χ3n) is 2.01. The van der Waals surface area contributed by atoms with Crippen molar-refractivity contribution in [1.29, 1.82) is 0 Å². The van der Waals surface area contributed by atoms with E-state index >= 15 is 0 Å². The predicted octanol–water partition coefficient (Wildman–Crippen LogP) is 3.34. The van der Waals surface area contributed by atoms with Gasteiger partial charge < -0.3 is 4.74 Å². The third-order valence-corrected chi connectivity index (χ3v) is 4.08. The molecule has 1 unspecified atom stereocenters. The molecule has 0 bridgehead atoms. The molecule has 0 amide bonds. The number of hydrogen-bond donors (Lipinski definition) is 0. The molecule has 0 N–H and O–H groups in total. The number of benzene rings is 1. The number of hydrogen-bond acceptors (Lipinski definition) is 2. The zero-order valence-corrected chi connectivity index (χ0v) is 12.8. The van der Waals surface area contributed by atoms with E-state index in [1.54, 1.807) is 13.3 Å². The van der Waals surface area contributed by atoms with Crippen molar-refractivity contribution in [2.75, 3.05) is 7.11 Å². The fraction of sp³-hybridized carbons (Fsp3) is 0.417. The molecule has 0 spiro atoms. The lowest BCUT2D eigenvalue weighted by Gasteiger charge is -2.12. The fourth-order valence-corrected chi connectivity index (χ4v) is 1.89. The van der Waals surface area contributed by atoms with Gasteiger partial charge in [0.2, 0.25) is 0 Å². The second-order valence-corrected chi connectivity index (χ2v) is 7.27. The molecule has 0 saturated heterocycles. The normalized spacial score (nSPS) is 13.9. The van der Waals surface area contributed by atoms with Gasteiger partial charge in [-0.2, -0.15) is 4.40 Å². The van der Waals surface area contributed by atoms with Crippen LogP contribution in [0.1, 0.15) is 26.3 Å². The van der Waals surface area contributed by atoms with Gasteiger partial charge in [0.25, 0.3) is 0 Å². The second-order valence-electron chi connectivity index (χ2n) is 4.48. The number of ether oxygens (including phenoxy) is 1. The standard InChI is InChI=1S/C12H16BrNO2S/c1-12(2,3)17(15)14-8-9-7-10(16-4)5-6-11(9)13/h5-8H,1-4H3/b14-8+. The molecule has 1 rings (SSSR count). The van der Waals surface area contributed by atoms with Crippen molar-refractivity contribution in [2.45, 2.75) is 25.5 Å². The summed E-state index contributed by atoms with van der Waals surface area (Å²) < 4.78 is 21.5. The quantitative estimate of drug-likeness (QED) is 0.802. The van der Waals surface area contributed by atoms with Crippen LogP contribution in [0.4, 0.5) is 0 Å². The Morgan fingerprint density at radius 1 is 1.41 bits per heavy atom. The molecule has 0 saturated carbocycles. The molecule has 0 heterocycles. The first-order valence-electron chi connectivity index (χ1n) is 5.14. The molecule has 0 fully saturated rings. The van der Waals surface area contributed by atoms with Crippen LogP contribution in [-0.4, -0.2) is 22.3 Å². The van der Waals surface area contributed by atoms with Gasteiger partial charge >= 0.3 is 0 Å². The van der Waals surface area contributed by atoms with Crippen molar-refractivity contribution in [3.8, 4) is 5.75 Å². The molecular weight excluding hydrogens is 302 g/mol. The average Bonchev–Trinajstić information content (AvgIpc) is 2.26. The van der Waals surface area contributed by atoms with Gasteiger partial charge in [0.15, 0.2) is 0 Å². The molecule has 0 aliphatic rings. The maximum Gasteiger partial charge on any atom is 0.144 e. The zero-order valence-electron chi connectivity index (χ0n) is 10.4. The molecule has 1 aromatic carbocycles. The largest absolute Gasteiger partial charge is 0.497 e. The van der Waals surface area contributed by atoms with E-state index in [0.717, 1.165) is 15.8 Å². The van der Waals surface area contributed by atoms with E-state index in [0.29, 0.717) is 0 Å². The van der Waals surface area contributed by atoms with E-state index in [4.69, 9.17) is 4.74 Å². The number of nitrogens with zero attached hydrogens (tertiary/aromatic N) is 1. The second kappa shape index (κ2) is 5.78. The van der Waals surface area contributed by atoms with Crippen LogP contribution in [0.5, 0.6) is 5.75 Å². The highest BCUT2D eigenvalue weighted by Crippen LogP contribution is 2.21. The van der Waals surface area contributed by atoms with Gasteiger partial charge in [-0.1, -0.05) is 15.9 Å². The van der Waals surface area contributed by atoms with Crippen molar-refractivity contribution >= 4 is 33.1 Å². The molecular formula is C12H16BrNO2S. The summed E-state index contributed by atoms with van der Waals surface area (Å²) in [6.45, 7) is 5.67. The summed E-state index contributed by atoms with van der Waals surface area (Å²) >= 11 is 3.41. The summed E-state index contributed by atoms with van der Waals surface area (Å²) in [4.78, 5) is 0. The topological polar surface area (TPSA) is 38.7 Å². The molecule has 0 aliphatic heterocycles. The minimum Gasteiger partial charge on any atom is -0.497 e. The first kappa shape index (κ1) is 14.4. The summed E-state index contributed by atoms with van der Waals surface area (Å²) in [5.74, 6) is 0.746. The highest BCUT2D eigenvalue weighted by Gasteiger charge is 2.18. The molecule has 1 aromatic rings. The van der Waals surface area contributed by atoms with E-state index < -0.39 is 11.0 Å². The maximum atomic E-state index is 11.8. The Morgan fingerprint density at radius 2 is 2.06 bits per heavy atom. The Bertz CT molecular complexity index is 452. The van der Waals surface area contributed by atoms with Crippen LogP contribution in [0.3, 0.4) is 0 Å². The van der Waals surface area contributed by atoms with Crippen LogP contribution in [-0.2, 0) is 11.0 Å². The van der Waals surface area contributed by atoms with E-state index in [2.05, 4.69) is 20.3 Å². The smallest absolute Gasteiger partial charge is 0.144 e. The van der Waals surface area contributed by atoms with Gasteiger partial charge in [-0.05, 0) is 39.0 Å². The molecule has 1 atom stereocenters. The first-order chi connectivity index (χ1) is 7.84.